The number of ketones is 2. The molecule has 0 aromatic rings. The van der Waals surface area contributed by atoms with Gasteiger partial charge >= 0.3 is 0 Å². The second-order valence-corrected chi connectivity index (χ2v) is 11.8. The predicted octanol–water partition coefficient (Wildman–Crippen LogP) is 4.77. The molecule has 0 aliphatic heterocycles. The Hall–Kier alpha value is -0.810. The molecule has 5 heteroatoms. The summed E-state index contributed by atoms with van der Waals surface area (Å²) in [6, 6.07) is 0. The number of alkyl halides is 1. The van der Waals surface area contributed by atoms with Crippen LogP contribution in [0.4, 0.5) is 4.39 Å². The van der Waals surface area contributed by atoms with Crippen molar-refractivity contribution in [2.45, 2.75) is 90.3 Å². The van der Waals surface area contributed by atoms with Crippen molar-refractivity contribution in [2.24, 2.45) is 46.3 Å². The SMILES string of the molecule is CC(=O)C12CC3CC(C1)C(O)C(C3)C2.COC1C2CC3CC1CC(C(C)=O)(C3)C2.[2H]CF. The van der Waals surface area contributed by atoms with Crippen LogP contribution < -0.4 is 0 Å². The second-order valence-electron chi connectivity index (χ2n) is 11.8. The zero-order valence-electron chi connectivity index (χ0n) is 20.4. The molecule has 8 fully saturated rings. The van der Waals surface area contributed by atoms with Crippen LogP contribution in [0.1, 0.15) is 79.4 Å². The van der Waals surface area contributed by atoms with E-state index < -0.39 is 7.15 Å². The van der Waals surface area contributed by atoms with Gasteiger partial charge in [-0.25, -0.2) is 0 Å². The average Bonchev–Trinajstić information content (AvgIpc) is 2.72. The second kappa shape index (κ2) is 8.52. The Morgan fingerprint density at radius 3 is 1.55 bits per heavy atom. The number of halogens is 1. The van der Waals surface area contributed by atoms with Crippen LogP contribution in [0, 0.1) is 46.3 Å². The van der Waals surface area contributed by atoms with Gasteiger partial charge < -0.3 is 9.84 Å². The molecule has 0 aromatic heterocycles. The predicted molar refractivity (Wildman–Crippen MR) is 117 cm³/mol. The van der Waals surface area contributed by atoms with Crippen molar-refractivity contribution in [2.75, 3.05) is 14.3 Å². The van der Waals surface area contributed by atoms with Crippen molar-refractivity contribution in [3.63, 3.8) is 0 Å². The van der Waals surface area contributed by atoms with Crippen LogP contribution in [0.2, 0.25) is 0 Å². The summed E-state index contributed by atoms with van der Waals surface area (Å²) >= 11 is 0. The van der Waals surface area contributed by atoms with Crippen molar-refractivity contribution >= 4 is 11.6 Å². The van der Waals surface area contributed by atoms with Crippen LogP contribution in [-0.2, 0) is 14.3 Å². The molecular weight excluding hydrogens is 395 g/mol. The molecule has 0 amide bonds. The first-order chi connectivity index (χ1) is 15.2. The Kier molecular flexibility index (Phi) is 6.05. The monoisotopic (exact) mass is 437 g/mol. The van der Waals surface area contributed by atoms with Crippen LogP contribution in [0.25, 0.3) is 0 Å². The van der Waals surface area contributed by atoms with E-state index in [0.717, 1.165) is 43.9 Å². The number of hydrogen-bond acceptors (Lipinski definition) is 4. The number of carbonyl (C=O) groups excluding carboxylic acids is 2. The minimum absolute atomic E-state index is 0.0181. The number of methoxy groups -OCH3 is 1. The Balaban J connectivity index is 0.000000137. The van der Waals surface area contributed by atoms with E-state index >= 15 is 0 Å². The third-order valence-corrected chi connectivity index (χ3v) is 10.2. The minimum Gasteiger partial charge on any atom is -0.393 e. The van der Waals surface area contributed by atoms with Crippen LogP contribution in [0.3, 0.4) is 0 Å². The third-order valence-electron chi connectivity index (χ3n) is 10.2. The maximum absolute atomic E-state index is 11.9. The van der Waals surface area contributed by atoms with E-state index in [1.54, 1.807) is 13.8 Å². The highest BCUT2D eigenvalue weighted by molar-refractivity contribution is 5.83. The molecular formula is C26H41FO4. The summed E-state index contributed by atoms with van der Waals surface area (Å²) in [5.41, 5.74) is 0.0429. The molecule has 0 saturated heterocycles. The first kappa shape index (κ1) is 22.0. The number of ether oxygens (including phenoxy) is 1. The van der Waals surface area contributed by atoms with Gasteiger partial charge in [-0.3, -0.25) is 14.0 Å². The largest absolute Gasteiger partial charge is 0.393 e. The lowest BCUT2D eigenvalue weighted by atomic mass is 9.47. The van der Waals surface area contributed by atoms with Gasteiger partial charge in [0.05, 0.1) is 20.7 Å². The molecule has 4 atom stereocenters. The smallest absolute Gasteiger partial charge is 0.135 e. The number of hydrogen-bond donors (Lipinski definition) is 1. The first-order valence-electron chi connectivity index (χ1n) is 13.0. The highest BCUT2D eigenvalue weighted by Gasteiger charge is 2.58. The average molecular weight is 438 g/mol. The van der Waals surface area contributed by atoms with Gasteiger partial charge in [0.1, 0.15) is 11.6 Å². The van der Waals surface area contributed by atoms with Gasteiger partial charge in [0.25, 0.3) is 0 Å². The highest BCUT2D eigenvalue weighted by Crippen LogP contribution is 2.61. The molecule has 0 aromatic carbocycles. The molecule has 8 aliphatic carbocycles. The van der Waals surface area contributed by atoms with Gasteiger partial charge in [0.2, 0.25) is 0 Å². The van der Waals surface area contributed by atoms with Gasteiger partial charge in [0, 0.05) is 17.9 Å². The maximum Gasteiger partial charge on any atom is 0.135 e. The number of aliphatic hydroxyl groups excluding tert-OH is 1. The minimum atomic E-state index is -1.00. The Morgan fingerprint density at radius 1 is 0.839 bits per heavy atom. The Labute approximate surface area is 188 Å². The Morgan fingerprint density at radius 2 is 1.19 bits per heavy atom. The summed E-state index contributed by atoms with van der Waals surface area (Å²) in [7, 11) is 0.841. The van der Waals surface area contributed by atoms with Crippen LogP contribution >= 0.6 is 0 Å². The van der Waals surface area contributed by atoms with E-state index in [4.69, 9.17) is 6.11 Å². The van der Waals surface area contributed by atoms with Crippen molar-refractivity contribution in [1.29, 1.82) is 0 Å². The van der Waals surface area contributed by atoms with Crippen LogP contribution in [-0.4, -0.2) is 43.1 Å². The molecule has 8 saturated carbocycles. The van der Waals surface area contributed by atoms with Gasteiger partial charge in [0.15, 0.2) is 0 Å². The van der Waals surface area contributed by atoms with Crippen molar-refractivity contribution in [1.82, 2.24) is 0 Å². The quantitative estimate of drug-likeness (QED) is 0.691. The fourth-order valence-corrected chi connectivity index (χ4v) is 9.22. The van der Waals surface area contributed by atoms with E-state index in [1.807, 2.05) is 7.11 Å². The number of rotatable bonds is 3. The summed E-state index contributed by atoms with van der Waals surface area (Å²) in [5, 5.41) is 10.0. The molecule has 8 rings (SSSR count). The lowest BCUT2D eigenvalue weighted by Gasteiger charge is -2.58. The van der Waals surface area contributed by atoms with E-state index in [1.165, 1.54) is 32.1 Å². The molecule has 8 bridgehead atoms. The van der Waals surface area contributed by atoms with Crippen molar-refractivity contribution < 1.29 is 25.2 Å². The number of Topliss-reactive ketones (excluding diaryl/α,β-unsaturated/α-hetero) is 2. The van der Waals surface area contributed by atoms with E-state index in [2.05, 4.69) is 0 Å². The summed E-state index contributed by atoms with van der Waals surface area (Å²) in [6.07, 6.45) is 11.8. The van der Waals surface area contributed by atoms with Gasteiger partial charge in [-0.1, -0.05) is 0 Å². The first-order valence-corrected chi connectivity index (χ1v) is 12.2. The highest BCUT2D eigenvalue weighted by atomic mass is 19.1. The zero-order chi connectivity index (χ0) is 23.3. The third kappa shape index (κ3) is 3.82. The molecule has 4 nitrogen and oxygen atoms in total. The van der Waals surface area contributed by atoms with Gasteiger partial charge in [-0.05, 0) is 114 Å². The summed E-state index contributed by atoms with van der Waals surface area (Å²) < 4.78 is 21.1. The maximum atomic E-state index is 11.9. The lowest BCUT2D eigenvalue weighted by molar-refractivity contribution is -0.164. The topological polar surface area (TPSA) is 63.6 Å². The number of aliphatic hydroxyl groups is 1. The molecule has 0 radical (unpaired) electrons. The summed E-state index contributed by atoms with van der Waals surface area (Å²) in [4.78, 5) is 23.6. The molecule has 31 heavy (non-hydrogen) atoms. The fraction of sp³-hybridized carbons (Fsp3) is 0.923. The molecule has 0 heterocycles. The van der Waals surface area contributed by atoms with Gasteiger partial charge in [-0.15, -0.1) is 0 Å². The zero-order valence-corrected chi connectivity index (χ0v) is 19.4. The molecule has 1 N–H and O–H groups in total. The molecule has 8 aliphatic rings. The summed E-state index contributed by atoms with van der Waals surface area (Å²) in [6.45, 7) is 3.55. The normalized spacial score (nSPS) is 50.7. The van der Waals surface area contributed by atoms with E-state index in [-0.39, 0.29) is 16.9 Å². The Bertz CT molecular complexity index is 695. The van der Waals surface area contributed by atoms with E-state index in [0.29, 0.717) is 41.3 Å². The molecule has 4 unspecified atom stereocenters. The van der Waals surface area contributed by atoms with E-state index in [9.17, 15) is 19.1 Å². The lowest BCUT2D eigenvalue weighted by Crippen LogP contribution is -2.56. The van der Waals surface area contributed by atoms with Crippen LogP contribution in [0.15, 0.2) is 0 Å². The number of carbonyl (C=O) groups is 2. The standard InChI is InChI=1S/C13H20O2.C12H18O2.CH3F/c1-8(14)13-5-9-3-10(6-13)12(15-2)11(4-9)7-13;1-7(13)12-4-8-2-9(5-12)11(14)10(3-8)6-12;1-2/h9-12H,3-7H2,1-2H3;8-11,14H,2-6H2,1H3;1H3/i;;1D. The van der Waals surface area contributed by atoms with Crippen molar-refractivity contribution in [3.05, 3.63) is 0 Å². The molecule has 0 spiro atoms. The summed E-state index contributed by atoms with van der Waals surface area (Å²) in [5.74, 6) is 4.59. The fourth-order valence-electron chi connectivity index (χ4n) is 9.22. The molecule has 176 valence electrons. The van der Waals surface area contributed by atoms with Crippen molar-refractivity contribution in [3.8, 4) is 0 Å². The van der Waals surface area contributed by atoms with Crippen LogP contribution in [0.5, 0.6) is 0 Å². The van der Waals surface area contributed by atoms with Gasteiger partial charge in [-0.2, -0.15) is 0 Å².